The zero-order valence-electron chi connectivity index (χ0n) is 42.4. The Hall–Kier alpha value is -10.7. The van der Waals surface area contributed by atoms with Crippen LogP contribution in [0.25, 0.3) is 33.2 Å². The molecule has 2 aliphatic heterocycles. The van der Waals surface area contributed by atoms with E-state index >= 15 is 8.78 Å². The van der Waals surface area contributed by atoms with Crippen LogP contribution in [0, 0.1) is 23.3 Å². The van der Waals surface area contributed by atoms with Gasteiger partial charge in [-0.3, -0.25) is 38.3 Å². The fraction of sp³-hybridized carbons (Fsp3) is 0.100. The number of anilines is 2. The maximum absolute atomic E-state index is 15.3. The van der Waals surface area contributed by atoms with Gasteiger partial charge >= 0.3 is 0 Å². The quantitative estimate of drug-likeness (QED) is 0.110. The van der Waals surface area contributed by atoms with Gasteiger partial charge in [0.1, 0.15) is 66.4 Å². The van der Waals surface area contributed by atoms with Gasteiger partial charge in [0, 0.05) is 59.7 Å². The lowest BCUT2D eigenvalue weighted by atomic mass is 10.1. The number of pyridine rings is 4. The zero-order valence-corrected chi connectivity index (χ0v) is 42.4. The summed E-state index contributed by atoms with van der Waals surface area (Å²) < 4.78 is 99.6. The van der Waals surface area contributed by atoms with E-state index in [1.54, 1.807) is 49.5 Å². The molecular weight excluding hydrogens is 1060 g/mol. The predicted molar refractivity (Wildman–Crippen MR) is 289 cm³/mol. The second kappa shape index (κ2) is 22.7. The molecule has 6 heterocycles. The largest absolute Gasteiger partial charge is 0.493 e. The fourth-order valence-electron chi connectivity index (χ4n) is 8.84. The van der Waals surface area contributed by atoms with Gasteiger partial charge in [-0.05, 0) is 134 Å². The van der Waals surface area contributed by atoms with Gasteiger partial charge < -0.3 is 43.8 Å². The summed E-state index contributed by atoms with van der Waals surface area (Å²) in [7, 11) is 0. The molecule has 0 atom stereocenters. The third kappa shape index (κ3) is 11.0. The minimum absolute atomic E-state index is 0.0536. The van der Waals surface area contributed by atoms with Crippen molar-refractivity contribution in [3.8, 4) is 63.1 Å². The first-order valence-corrected chi connectivity index (χ1v) is 24.9. The number of nitrogens with zero attached hydrogens (tertiary/aromatic N) is 4. The number of ether oxygens (including phenoxy) is 7. The van der Waals surface area contributed by atoms with Gasteiger partial charge in [-0.1, -0.05) is 0 Å². The first kappa shape index (κ1) is 52.4. The number of benzene rings is 6. The molecule has 0 radical (unpaired) electrons. The molecule has 0 spiro atoms. The molecule has 0 aliphatic carbocycles. The molecule has 2 aliphatic rings. The smallest absolute Gasteiger partial charge is 0.271 e. The normalized spacial score (nSPS) is 12.2. The van der Waals surface area contributed by atoms with Crippen molar-refractivity contribution in [2.24, 2.45) is 0 Å². The van der Waals surface area contributed by atoms with Gasteiger partial charge in [0.05, 0.1) is 28.4 Å². The lowest BCUT2D eigenvalue weighted by Crippen LogP contribution is -2.29. The van der Waals surface area contributed by atoms with Crippen LogP contribution in [0.15, 0.2) is 174 Å². The summed E-state index contributed by atoms with van der Waals surface area (Å²) in [6.45, 7) is 3.45. The summed E-state index contributed by atoms with van der Waals surface area (Å²) in [5.41, 5.74) is 0.366. The fourth-order valence-corrected chi connectivity index (χ4v) is 8.84. The van der Waals surface area contributed by atoms with E-state index in [1.165, 1.54) is 119 Å². The number of halogens is 4. The van der Waals surface area contributed by atoms with Crippen LogP contribution >= 0.6 is 0 Å². The Bertz CT molecular complexity index is 4200. The Morgan fingerprint density at radius 1 is 0.531 bits per heavy atom. The van der Waals surface area contributed by atoms with E-state index in [1.807, 2.05) is 0 Å². The first-order valence-electron chi connectivity index (χ1n) is 24.9. The van der Waals surface area contributed by atoms with Crippen molar-refractivity contribution in [3.63, 3.8) is 0 Å². The van der Waals surface area contributed by atoms with E-state index in [-0.39, 0.29) is 46.4 Å². The standard InChI is InChI=1S/C31H23F2N3O6.C29H19F2N3O5/c1-2-39-24-12-14-36(20-6-3-18(32)4-7-20)31(38)28(24)30(37)35-19-5-9-23(21(33)17-19)42-25-11-13-34-22-8-10-26-29(27(22)25)41-16-15-40-26;30-17-3-6-19(7-4-17)34-13-1-2-20(29(34)36)28(35)33-18-5-9-23(21(31)16-18)39-24-11-12-32-22-8-10-25-27(26(22)24)38-15-14-37-25/h3-14,17H,2,15-16H2,1H3,(H,35,37);1-13,16H,14-15H2,(H,33,35). The highest BCUT2D eigenvalue weighted by Gasteiger charge is 2.25. The summed E-state index contributed by atoms with van der Waals surface area (Å²) in [5, 5.41) is 6.18. The van der Waals surface area contributed by atoms with Crippen molar-refractivity contribution < 1.29 is 60.3 Å². The maximum Gasteiger partial charge on any atom is 0.271 e. The molecule has 10 aromatic rings. The molecular formula is C60H42F4N6O11. The lowest BCUT2D eigenvalue weighted by Gasteiger charge is -2.21. The van der Waals surface area contributed by atoms with E-state index < -0.39 is 46.2 Å². The monoisotopic (exact) mass is 1100 g/mol. The zero-order chi connectivity index (χ0) is 56.1. The molecule has 2 N–H and O–H groups in total. The summed E-state index contributed by atoms with van der Waals surface area (Å²) in [6.07, 6.45) is 5.98. The van der Waals surface area contributed by atoms with Crippen LogP contribution in [-0.2, 0) is 0 Å². The number of carbonyl (C=O) groups excluding carboxylic acids is 2. The molecule has 0 fully saturated rings. The molecule has 0 unspecified atom stereocenters. The van der Waals surface area contributed by atoms with Crippen LogP contribution < -0.4 is 54.9 Å². The summed E-state index contributed by atoms with van der Waals surface area (Å²) in [5.74, 6) is -1.45. The van der Waals surface area contributed by atoms with E-state index in [0.717, 1.165) is 12.1 Å². The molecule has 12 rings (SSSR count). The van der Waals surface area contributed by atoms with E-state index in [9.17, 15) is 28.0 Å². The number of fused-ring (bicyclic) bond motifs is 6. The van der Waals surface area contributed by atoms with Crippen LogP contribution in [0.2, 0.25) is 0 Å². The van der Waals surface area contributed by atoms with E-state index in [2.05, 4.69) is 20.6 Å². The third-order valence-electron chi connectivity index (χ3n) is 12.5. The Morgan fingerprint density at radius 3 is 1.53 bits per heavy atom. The number of rotatable bonds is 12. The molecule has 0 saturated heterocycles. The van der Waals surface area contributed by atoms with Crippen LogP contribution in [0.1, 0.15) is 27.6 Å². The van der Waals surface area contributed by atoms with Crippen LogP contribution in [0.3, 0.4) is 0 Å². The summed E-state index contributed by atoms with van der Waals surface area (Å²) in [6, 6.07) is 32.8. The summed E-state index contributed by atoms with van der Waals surface area (Å²) >= 11 is 0. The van der Waals surface area contributed by atoms with Gasteiger partial charge in [0.2, 0.25) is 0 Å². The van der Waals surface area contributed by atoms with E-state index in [4.69, 9.17) is 33.2 Å². The van der Waals surface area contributed by atoms with Crippen LogP contribution in [0.5, 0.6) is 51.7 Å². The van der Waals surface area contributed by atoms with Gasteiger partial charge in [-0.15, -0.1) is 0 Å². The lowest BCUT2D eigenvalue weighted by molar-refractivity contribution is 0.101. The molecule has 2 amide bonds. The molecule has 6 aromatic carbocycles. The second-order valence-electron chi connectivity index (χ2n) is 17.7. The van der Waals surface area contributed by atoms with Crippen molar-refractivity contribution in [2.45, 2.75) is 6.92 Å². The summed E-state index contributed by atoms with van der Waals surface area (Å²) in [4.78, 5) is 61.1. The number of hydrogen-bond acceptors (Lipinski definition) is 13. The van der Waals surface area contributed by atoms with Gasteiger partial charge in [-0.25, -0.2) is 17.6 Å². The average Bonchev–Trinajstić information content (AvgIpc) is 3.57. The van der Waals surface area contributed by atoms with Crippen LogP contribution in [0.4, 0.5) is 28.9 Å². The van der Waals surface area contributed by atoms with Crippen molar-refractivity contribution in [3.05, 3.63) is 219 Å². The van der Waals surface area contributed by atoms with Crippen molar-refractivity contribution >= 4 is 45.0 Å². The topological polar surface area (TPSA) is 193 Å². The molecule has 406 valence electrons. The highest BCUT2D eigenvalue weighted by molar-refractivity contribution is 6.06. The number of carbonyl (C=O) groups is 2. The Balaban J connectivity index is 0.000000171. The van der Waals surface area contributed by atoms with Gasteiger partial charge in [0.15, 0.2) is 46.1 Å². The van der Waals surface area contributed by atoms with Crippen molar-refractivity contribution in [2.75, 3.05) is 43.7 Å². The number of amides is 2. The molecule has 0 saturated carbocycles. The predicted octanol–water partition coefficient (Wildman–Crippen LogP) is 11.4. The van der Waals surface area contributed by atoms with Gasteiger partial charge in [-0.2, -0.15) is 0 Å². The Kier molecular flexibility index (Phi) is 14.7. The first-order chi connectivity index (χ1) is 39.4. The number of aromatic nitrogens is 4. The molecule has 0 bridgehead atoms. The van der Waals surface area contributed by atoms with E-state index in [0.29, 0.717) is 94.1 Å². The molecule has 81 heavy (non-hydrogen) atoms. The molecule has 21 heteroatoms. The highest BCUT2D eigenvalue weighted by atomic mass is 19.1. The number of nitrogens with one attached hydrogen (secondary N) is 2. The molecule has 17 nitrogen and oxygen atoms in total. The Labute approximate surface area is 456 Å². The number of hydrogen-bond donors (Lipinski definition) is 2. The minimum Gasteiger partial charge on any atom is -0.493 e. The van der Waals surface area contributed by atoms with Crippen LogP contribution in [-0.4, -0.2) is 64.0 Å². The maximum atomic E-state index is 15.3. The SMILES string of the molecule is CCOc1ccn(-c2ccc(F)cc2)c(=O)c1C(=O)Nc1ccc(Oc2ccnc3ccc4c(c23)OCCO4)c(F)c1.O=C(Nc1ccc(Oc2ccnc3ccc4c(c23)OCCO4)c(F)c1)c1cccn(-c2ccc(F)cc2)c1=O. The van der Waals surface area contributed by atoms with Crippen molar-refractivity contribution in [1.82, 2.24) is 19.1 Å². The third-order valence-corrected chi connectivity index (χ3v) is 12.5. The molecule has 4 aromatic heterocycles. The highest BCUT2D eigenvalue weighted by Crippen LogP contribution is 2.45. The second-order valence-corrected chi connectivity index (χ2v) is 17.7. The van der Waals surface area contributed by atoms with Crippen molar-refractivity contribution in [1.29, 1.82) is 0 Å². The minimum atomic E-state index is -0.808. The Morgan fingerprint density at radius 2 is 1.02 bits per heavy atom. The average molecular weight is 1100 g/mol. The van der Waals surface area contributed by atoms with Gasteiger partial charge in [0.25, 0.3) is 22.9 Å².